The van der Waals surface area contributed by atoms with E-state index < -0.39 is 0 Å². The molecule has 0 aliphatic heterocycles. The summed E-state index contributed by atoms with van der Waals surface area (Å²) in [6.07, 6.45) is 10.2. The van der Waals surface area contributed by atoms with E-state index in [1.807, 2.05) is 68.7 Å². The van der Waals surface area contributed by atoms with Crippen molar-refractivity contribution in [3.8, 4) is 16.9 Å². The van der Waals surface area contributed by atoms with Crippen molar-refractivity contribution in [1.82, 2.24) is 29.5 Å². The number of nitrogens with one attached hydrogen (secondary N) is 1. The summed E-state index contributed by atoms with van der Waals surface area (Å²) in [5, 5.41) is 12.9. The molecular weight excluding hydrogens is 414 g/mol. The quantitative estimate of drug-likeness (QED) is 0.418. The SMILES string of the molecule is Cc1nn(C)c2ncc(NC(=O)/C=C/c3cn(-c4ccccc4)nc3-c3cccnc3)cc12. The Bertz CT molecular complexity index is 1470. The Morgan fingerprint density at radius 3 is 2.70 bits per heavy atom. The van der Waals surface area contributed by atoms with Crippen LogP contribution in [0.2, 0.25) is 0 Å². The minimum atomic E-state index is -0.262. The van der Waals surface area contributed by atoms with E-state index in [-0.39, 0.29) is 5.91 Å². The third-order valence-electron chi connectivity index (χ3n) is 5.24. The van der Waals surface area contributed by atoms with Gasteiger partial charge in [0.25, 0.3) is 0 Å². The molecule has 0 saturated carbocycles. The molecule has 4 heterocycles. The van der Waals surface area contributed by atoms with Gasteiger partial charge in [0, 0.05) is 48.2 Å². The predicted molar refractivity (Wildman–Crippen MR) is 128 cm³/mol. The number of hydrogen-bond donors (Lipinski definition) is 1. The molecule has 8 heteroatoms. The van der Waals surface area contributed by atoms with E-state index in [0.29, 0.717) is 5.69 Å². The molecule has 5 rings (SSSR count). The molecule has 8 nitrogen and oxygen atoms in total. The molecule has 0 aliphatic rings. The van der Waals surface area contributed by atoms with Gasteiger partial charge < -0.3 is 5.32 Å². The second-order valence-corrected chi connectivity index (χ2v) is 7.58. The number of aryl methyl sites for hydroxylation is 2. The number of aromatic nitrogens is 6. The molecule has 0 unspecified atom stereocenters. The smallest absolute Gasteiger partial charge is 0.248 e. The van der Waals surface area contributed by atoms with Crippen LogP contribution in [-0.2, 0) is 11.8 Å². The lowest BCUT2D eigenvalue weighted by atomic mass is 10.1. The van der Waals surface area contributed by atoms with Gasteiger partial charge in [0.15, 0.2) is 5.65 Å². The van der Waals surface area contributed by atoms with Crippen LogP contribution in [0.15, 0.2) is 79.4 Å². The maximum atomic E-state index is 12.7. The molecule has 0 spiro atoms. The van der Waals surface area contributed by atoms with Gasteiger partial charge in [-0.3, -0.25) is 14.5 Å². The molecule has 0 saturated heterocycles. The topological polar surface area (TPSA) is 90.5 Å². The number of carbonyl (C=O) groups excluding carboxylic acids is 1. The molecule has 1 aromatic carbocycles. The zero-order valence-corrected chi connectivity index (χ0v) is 18.2. The average molecular weight is 435 g/mol. The molecule has 0 fully saturated rings. The number of pyridine rings is 2. The van der Waals surface area contributed by atoms with Crippen molar-refractivity contribution in [1.29, 1.82) is 0 Å². The van der Waals surface area contributed by atoms with Gasteiger partial charge in [0.1, 0.15) is 5.69 Å². The lowest BCUT2D eigenvalue weighted by Crippen LogP contribution is -2.08. The van der Waals surface area contributed by atoms with Crippen molar-refractivity contribution in [2.45, 2.75) is 6.92 Å². The number of nitrogens with zero attached hydrogens (tertiary/aromatic N) is 6. The third-order valence-corrected chi connectivity index (χ3v) is 5.24. The summed E-state index contributed by atoms with van der Waals surface area (Å²) in [5.74, 6) is -0.262. The highest BCUT2D eigenvalue weighted by Crippen LogP contribution is 2.24. The Hall–Kier alpha value is -4.59. The van der Waals surface area contributed by atoms with Gasteiger partial charge in [-0.25, -0.2) is 9.67 Å². The number of fused-ring (bicyclic) bond motifs is 1. The molecule has 1 N–H and O–H groups in total. The maximum Gasteiger partial charge on any atom is 0.248 e. The summed E-state index contributed by atoms with van der Waals surface area (Å²) >= 11 is 0. The molecule has 0 atom stereocenters. The molecular formula is C25H21N7O. The lowest BCUT2D eigenvalue weighted by molar-refractivity contribution is -0.111. The van der Waals surface area contributed by atoms with Gasteiger partial charge in [-0.15, -0.1) is 0 Å². The summed E-state index contributed by atoms with van der Waals surface area (Å²) in [7, 11) is 1.85. The third kappa shape index (κ3) is 4.14. The first-order chi connectivity index (χ1) is 16.1. The second-order valence-electron chi connectivity index (χ2n) is 7.58. The zero-order valence-electron chi connectivity index (χ0n) is 18.2. The summed E-state index contributed by atoms with van der Waals surface area (Å²) in [6, 6.07) is 15.5. The Morgan fingerprint density at radius 1 is 1.06 bits per heavy atom. The van der Waals surface area contributed by atoms with Crippen LogP contribution in [0, 0.1) is 6.92 Å². The van der Waals surface area contributed by atoms with Crippen LogP contribution in [0.1, 0.15) is 11.3 Å². The van der Waals surface area contributed by atoms with E-state index in [0.717, 1.165) is 39.2 Å². The van der Waals surface area contributed by atoms with E-state index in [1.54, 1.807) is 34.0 Å². The second kappa shape index (κ2) is 8.51. The van der Waals surface area contributed by atoms with Gasteiger partial charge in [0.05, 0.1) is 23.3 Å². The Labute approximate surface area is 190 Å². The predicted octanol–water partition coefficient (Wildman–Crippen LogP) is 4.18. The van der Waals surface area contributed by atoms with Crippen molar-refractivity contribution >= 4 is 28.7 Å². The molecule has 0 radical (unpaired) electrons. The highest BCUT2D eigenvalue weighted by molar-refractivity contribution is 6.03. The van der Waals surface area contributed by atoms with Crippen LogP contribution in [0.5, 0.6) is 0 Å². The van der Waals surface area contributed by atoms with Crippen LogP contribution in [0.3, 0.4) is 0 Å². The van der Waals surface area contributed by atoms with E-state index in [2.05, 4.69) is 20.4 Å². The highest BCUT2D eigenvalue weighted by Gasteiger charge is 2.12. The fraction of sp³-hybridized carbons (Fsp3) is 0.0800. The normalized spacial score (nSPS) is 11.3. The largest absolute Gasteiger partial charge is 0.321 e. The minimum absolute atomic E-state index is 0.262. The first-order valence-electron chi connectivity index (χ1n) is 10.4. The van der Waals surface area contributed by atoms with E-state index in [4.69, 9.17) is 5.10 Å². The maximum absolute atomic E-state index is 12.7. The first kappa shape index (κ1) is 20.3. The van der Waals surface area contributed by atoms with Crippen molar-refractivity contribution in [2.75, 3.05) is 5.32 Å². The molecule has 0 aliphatic carbocycles. The number of hydrogen-bond acceptors (Lipinski definition) is 5. The monoisotopic (exact) mass is 435 g/mol. The lowest BCUT2D eigenvalue weighted by Gasteiger charge is -2.02. The standard InChI is InChI=1S/C25H21N7O/c1-17-22-13-20(15-27-25(22)31(2)29-17)28-23(33)11-10-19-16-32(21-8-4-3-5-9-21)30-24(19)18-7-6-12-26-14-18/h3-16H,1-2H3,(H,28,33)/b11-10+. The van der Waals surface area contributed by atoms with E-state index >= 15 is 0 Å². The van der Waals surface area contributed by atoms with Crippen LogP contribution in [-0.4, -0.2) is 35.4 Å². The molecule has 33 heavy (non-hydrogen) atoms. The zero-order chi connectivity index (χ0) is 22.8. The number of para-hydroxylation sites is 1. The van der Waals surface area contributed by atoms with Crippen molar-refractivity contribution in [3.05, 3.63) is 90.7 Å². The number of anilines is 1. The molecule has 1 amide bonds. The highest BCUT2D eigenvalue weighted by atomic mass is 16.1. The Kier molecular flexibility index (Phi) is 5.24. The Morgan fingerprint density at radius 2 is 1.91 bits per heavy atom. The van der Waals surface area contributed by atoms with Gasteiger partial charge in [-0.2, -0.15) is 10.2 Å². The fourth-order valence-corrected chi connectivity index (χ4v) is 3.68. The number of rotatable bonds is 5. The minimum Gasteiger partial charge on any atom is -0.321 e. The number of carbonyl (C=O) groups is 1. The van der Waals surface area contributed by atoms with Gasteiger partial charge >= 0.3 is 0 Å². The van der Waals surface area contributed by atoms with Crippen molar-refractivity contribution < 1.29 is 4.79 Å². The van der Waals surface area contributed by atoms with Gasteiger partial charge in [-0.1, -0.05) is 18.2 Å². The average Bonchev–Trinajstić information content (AvgIpc) is 3.39. The van der Waals surface area contributed by atoms with Crippen molar-refractivity contribution in [2.24, 2.45) is 7.05 Å². The van der Waals surface area contributed by atoms with Crippen LogP contribution in [0.25, 0.3) is 34.1 Å². The summed E-state index contributed by atoms with van der Waals surface area (Å²) in [5.41, 5.74) is 5.59. The summed E-state index contributed by atoms with van der Waals surface area (Å²) < 4.78 is 3.52. The van der Waals surface area contributed by atoms with Crippen LogP contribution in [0.4, 0.5) is 5.69 Å². The molecule has 0 bridgehead atoms. The van der Waals surface area contributed by atoms with Gasteiger partial charge in [-0.05, 0) is 43.3 Å². The van der Waals surface area contributed by atoms with E-state index in [9.17, 15) is 4.79 Å². The summed E-state index contributed by atoms with van der Waals surface area (Å²) in [4.78, 5) is 21.3. The molecule has 162 valence electrons. The Balaban J connectivity index is 1.43. The molecule has 4 aromatic heterocycles. The van der Waals surface area contributed by atoms with Crippen LogP contribution < -0.4 is 5.32 Å². The number of benzene rings is 1. The van der Waals surface area contributed by atoms with Crippen molar-refractivity contribution in [3.63, 3.8) is 0 Å². The van der Waals surface area contributed by atoms with E-state index in [1.165, 1.54) is 6.08 Å². The van der Waals surface area contributed by atoms with Crippen LogP contribution >= 0.6 is 0 Å². The van der Waals surface area contributed by atoms with Gasteiger partial charge in [0.2, 0.25) is 5.91 Å². The fourth-order valence-electron chi connectivity index (χ4n) is 3.68. The number of amides is 1. The molecule has 5 aromatic rings. The first-order valence-corrected chi connectivity index (χ1v) is 10.4. The summed E-state index contributed by atoms with van der Waals surface area (Å²) in [6.45, 7) is 1.92.